The van der Waals surface area contributed by atoms with Crippen LogP contribution in [0.15, 0.2) is 54.6 Å². The number of anilines is 1. The van der Waals surface area contributed by atoms with Gasteiger partial charge in [0.1, 0.15) is 5.75 Å². The summed E-state index contributed by atoms with van der Waals surface area (Å²) in [5.41, 5.74) is 7.67. The summed E-state index contributed by atoms with van der Waals surface area (Å²) >= 11 is 10.4. The standard InChI is InChI=1S/C16H18N4OS2/c1-21-14-9-7-12(8-10-14)11-17-15(22)19-20-16(23)18-13-5-3-2-4-6-13/h2-10H,11H2,1H3,(H2,17,19,22)(H2,18,20,23). The smallest absolute Gasteiger partial charge is 0.189 e. The van der Waals surface area contributed by atoms with Gasteiger partial charge in [0, 0.05) is 12.2 Å². The molecule has 2 aromatic rings. The molecule has 0 bridgehead atoms. The number of para-hydroxylation sites is 1. The van der Waals surface area contributed by atoms with Crippen LogP contribution in [0.25, 0.3) is 0 Å². The Balaban J connectivity index is 1.69. The number of methoxy groups -OCH3 is 1. The monoisotopic (exact) mass is 346 g/mol. The Labute approximate surface area is 146 Å². The Hall–Kier alpha value is -2.38. The zero-order valence-corrected chi connectivity index (χ0v) is 14.3. The fraction of sp³-hybridized carbons (Fsp3) is 0.125. The Bertz CT molecular complexity index is 647. The van der Waals surface area contributed by atoms with Crippen LogP contribution >= 0.6 is 24.4 Å². The van der Waals surface area contributed by atoms with Crippen LogP contribution < -0.4 is 26.2 Å². The van der Waals surface area contributed by atoms with Gasteiger partial charge in [-0.2, -0.15) is 0 Å². The molecule has 2 aromatic carbocycles. The second-order valence-corrected chi connectivity index (χ2v) is 5.42. The average molecular weight is 346 g/mol. The zero-order chi connectivity index (χ0) is 16.5. The maximum atomic E-state index is 5.19. The summed E-state index contributed by atoms with van der Waals surface area (Å²) in [5, 5.41) is 7.02. The van der Waals surface area contributed by atoms with Crippen molar-refractivity contribution in [1.82, 2.24) is 16.2 Å². The van der Waals surface area contributed by atoms with Crippen molar-refractivity contribution in [1.29, 1.82) is 0 Å². The average Bonchev–Trinajstić information content (AvgIpc) is 2.59. The third kappa shape index (κ3) is 6.09. The first-order valence-corrected chi connectivity index (χ1v) is 7.78. The zero-order valence-electron chi connectivity index (χ0n) is 12.6. The highest BCUT2D eigenvalue weighted by molar-refractivity contribution is 7.80. The van der Waals surface area contributed by atoms with Crippen LogP contribution in [-0.2, 0) is 6.54 Å². The Kier molecular flexibility index (Phi) is 6.58. The van der Waals surface area contributed by atoms with E-state index in [0.717, 1.165) is 17.0 Å². The first-order valence-electron chi connectivity index (χ1n) is 6.96. The molecule has 4 N–H and O–H groups in total. The molecule has 0 amide bonds. The van der Waals surface area contributed by atoms with Gasteiger partial charge in [-0.15, -0.1) is 0 Å². The minimum Gasteiger partial charge on any atom is -0.497 e. The van der Waals surface area contributed by atoms with Crippen molar-refractivity contribution in [3.63, 3.8) is 0 Å². The molecule has 7 heteroatoms. The van der Waals surface area contributed by atoms with Crippen molar-refractivity contribution in [3.8, 4) is 5.75 Å². The van der Waals surface area contributed by atoms with Crippen molar-refractivity contribution in [3.05, 3.63) is 60.2 Å². The van der Waals surface area contributed by atoms with Crippen LogP contribution in [0.2, 0.25) is 0 Å². The quantitative estimate of drug-likeness (QED) is 0.501. The number of hydrazine groups is 1. The van der Waals surface area contributed by atoms with Crippen molar-refractivity contribution in [2.75, 3.05) is 12.4 Å². The third-order valence-corrected chi connectivity index (χ3v) is 3.38. The van der Waals surface area contributed by atoms with Crippen LogP contribution in [-0.4, -0.2) is 17.3 Å². The summed E-state index contributed by atoms with van der Waals surface area (Å²) in [4.78, 5) is 0. The number of thiocarbonyl (C=S) groups is 2. The summed E-state index contributed by atoms with van der Waals surface area (Å²) in [6.07, 6.45) is 0. The molecule has 0 saturated carbocycles. The molecule has 120 valence electrons. The van der Waals surface area contributed by atoms with Crippen LogP contribution in [0.4, 0.5) is 5.69 Å². The lowest BCUT2D eigenvalue weighted by Crippen LogP contribution is -2.47. The van der Waals surface area contributed by atoms with Gasteiger partial charge in [0.15, 0.2) is 10.2 Å². The highest BCUT2D eigenvalue weighted by atomic mass is 32.1. The maximum absolute atomic E-state index is 5.19. The highest BCUT2D eigenvalue weighted by Gasteiger charge is 1.99. The molecule has 0 aliphatic rings. The maximum Gasteiger partial charge on any atom is 0.189 e. The van der Waals surface area contributed by atoms with Gasteiger partial charge in [-0.3, -0.25) is 10.9 Å². The topological polar surface area (TPSA) is 57.4 Å². The molecule has 0 saturated heterocycles. The molecule has 0 atom stereocenters. The van der Waals surface area contributed by atoms with Gasteiger partial charge in [-0.1, -0.05) is 30.3 Å². The van der Waals surface area contributed by atoms with Crippen LogP contribution in [0.3, 0.4) is 0 Å². The number of ether oxygens (including phenoxy) is 1. The summed E-state index contributed by atoms with van der Waals surface area (Å²) in [6, 6.07) is 17.4. The molecule has 23 heavy (non-hydrogen) atoms. The van der Waals surface area contributed by atoms with Gasteiger partial charge >= 0.3 is 0 Å². The molecule has 0 aromatic heterocycles. The summed E-state index contributed by atoms with van der Waals surface area (Å²) in [5.74, 6) is 0.827. The van der Waals surface area contributed by atoms with E-state index in [1.807, 2.05) is 54.6 Å². The lowest BCUT2D eigenvalue weighted by molar-refractivity contribution is 0.414. The minimum atomic E-state index is 0.435. The molecule has 0 aliphatic heterocycles. The van der Waals surface area contributed by atoms with Gasteiger partial charge in [0.2, 0.25) is 0 Å². The van der Waals surface area contributed by atoms with Crippen LogP contribution in [0, 0.1) is 0 Å². The number of hydrogen-bond acceptors (Lipinski definition) is 3. The van der Waals surface area contributed by atoms with Crippen molar-refractivity contribution in [2.45, 2.75) is 6.54 Å². The molecule has 0 aliphatic carbocycles. The molecule has 5 nitrogen and oxygen atoms in total. The van der Waals surface area contributed by atoms with E-state index in [1.54, 1.807) is 7.11 Å². The summed E-state index contributed by atoms with van der Waals surface area (Å²) < 4.78 is 5.12. The molecular weight excluding hydrogens is 328 g/mol. The van der Waals surface area contributed by atoms with E-state index in [2.05, 4.69) is 21.5 Å². The van der Waals surface area contributed by atoms with Gasteiger partial charge in [0.25, 0.3) is 0 Å². The molecule has 0 radical (unpaired) electrons. The van der Waals surface area contributed by atoms with Crippen LogP contribution in [0.1, 0.15) is 5.56 Å². The summed E-state index contributed by atoms with van der Waals surface area (Å²) in [7, 11) is 1.64. The second kappa shape index (κ2) is 8.92. The Morgan fingerprint density at radius 1 is 0.913 bits per heavy atom. The fourth-order valence-corrected chi connectivity index (χ4v) is 2.06. The SMILES string of the molecule is COc1ccc(CNC(=S)NNC(=S)Nc2ccccc2)cc1. The van der Waals surface area contributed by atoms with E-state index >= 15 is 0 Å². The number of rotatable bonds is 4. The van der Waals surface area contributed by atoms with E-state index in [4.69, 9.17) is 29.2 Å². The predicted octanol–water partition coefficient (Wildman–Crippen LogP) is 2.56. The van der Waals surface area contributed by atoms with Gasteiger partial charge in [-0.05, 0) is 54.3 Å². The Morgan fingerprint density at radius 2 is 1.57 bits per heavy atom. The van der Waals surface area contributed by atoms with E-state index in [9.17, 15) is 0 Å². The van der Waals surface area contributed by atoms with Crippen molar-refractivity contribution < 1.29 is 4.74 Å². The largest absolute Gasteiger partial charge is 0.497 e. The molecule has 0 fully saturated rings. The molecular formula is C16H18N4OS2. The lowest BCUT2D eigenvalue weighted by Gasteiger charge is -2.14. The normalized spacial score (nSPS) is 9.61. The fourth-order valence-electron chi connectivity index (χ4n) is 1.77. The predicted molar refractivity (Wildman–Crippen MR) is 101 cm³/mol. The second-order valence-electron chi connectivity index (χ2n) is 4.60. The lowest BCUT2D eigenvalue weighted by atomic mass is 10.2. The third-order valence-electron chi connectivity index (χ3n) is 2.93. The summed E-state index contributed by atoms with van der Waals surface area (Å²) in [6.45, 7) is 0.608. The molecule has 0 heterocycles. The van der Waals surface area contributed by atoms with Crippen molar-refractivity contribution >= 4 is 40.3 Å². The van der Waals surface area contributed by atoms with E-state index in [-0.39, 0.29) is 0 Å². The number of benzene rings is 2. The van der Waals surface area contributed by atoms with E-state index in [0.29, 0.717) is 16.8 Å². The number of nitrogens with one attached hydrogen (secondary N) is 4. The molecule has 0 unspecified atom stereocenters. The van der Waals surface area contributed by atoms with Gasteiger partial charge in [0.05, 0.1) is 7.11 Å². The van der Waals surface area contributed by atoms with E-state index in [1.165, 1.54) is 0 Å². The van der Waals surface area contributed by atoms with Gasteiger partial charge in [-0.25, -0.2) is 0 Å². The first-order chi connectivity index (χ1) is 11.2. The molecule has 0 spiro atoms. The minimum absolute atomic E-state index is 0.435. The van der Waals surface area contributed by atoms with Gasteiger partial charge < -0.3 is 15.4 Å². The first kappa shape index (κ1) is 17.0. The van der Waals surface area contributed by atoms with Crippen molar-refractivity contribution in [2.24, 2.45) is 0 Å². The number of hydrogen-bond donors (Lipinski definition) is 4. The Morgan fingerprint density at radius 3 is 2.22 bits per heavy atom. The molecule has 2 rings (SSSR count). The van der Waals surface area contributed by atoms with Crippen LogP contribution in [0.5, 0.6) is 5.75 Å². The highest BCUT2D eigenvalue weighted by Crippen LogP contribution is 2.10. The van der Waals surface area contributed by atoms with E-state index < -0.39 is 0 Å².